The minimum atomic E-state index is -0.385. The Balaban J connectivity index is 1.72. The van der Waals surface area contributed by atoms with Crippen molar-refractivity contribution < 1.29 is 9.53 Å². The van der Waals surface area contributed by atoms with Crippen LogP contribution in [0.4, 0.5) is 0 Å². The Kier molecular flexibility index (Phi) is 4.28. The van der Waals surface area contributed by atoms with Crippen molar-refractivity contribution in [3.05, 3.63) is 47.0 Å². The summed E-state index contributed by atoms with van der Waals surface area (Å²) in [6.45, 7) is 2.88. The summed E-state index contributed by atoms with van der Waals surface area (Å²) in [5, 5.41) is 2.99. The fraction of sp³-hybridized carbons (Fsp3) is 0.300. The molecule has 2 heterocycles. The van der Waals surface area contributed by atoms with Gasteiger partial charge in [0.2, 0.25) is 0 Å². The second kappa shape index (κ2) is 6.61. The maximum absolute atomic E-state index is 11.8. The van der Waals surface area contributed by atoms with E-state index in [2.05, 4.69) is 4.57 Å². The van der Waals surface area contributed by atoms with E-state index in [1.165, 1.54) is 12.8 Å². The van der Waals surface area contributed by atoms with Crippen LogP contribution in [0.3, 0.4) is 0 Å². The number of benzene rings is 1. The number of carbonyl (C=O) groups excluding carboxylic acids is 1. The lowest BCUT2D eigenvalue weighted by Gasteiger charge is -2.09. The van der Waals surface area contributed by atoms with Crippen LogP contribution in [0, 0.1) is 12.8 Å². The molecule has 0 bridgehead atoms. The van der Waals surface area contributed by atoms with Gasteiger partial charge < -0.3 is 15.0 Å². The predicted octanol–water partition coefficient (Wildman–Crippen LogP) is 4.10. The van der Waals surface area contributed by atoms with Crippen LogP contribution in [-0.2, 0) is 6.54 Å². The average Bonchev–Trinajstić information content (AvgIpc) is 3.22. The molecule has 1 saturated carbocycles. The number of nitrogens with two attached hydrogens (primary N) is 1. The fourth-order valence-electron chi connectivity index (χ4n) is 3.16. The molecule has 134 valence electrons. The van der Waals surface area contributed by atoms with Gasteiger partial charge in [-0.05, 0) is 56.0 Å². The maximum atomic E-state index is 11.8. The van der Waals surface area contributed by atoms with Gasteiger partial charge in [-0.2, -0.15) is 0 Å². The highest BCUT2D eigenvalue weighted by molar-refractivity contribution is 7.13. The third-order valence-electron chi connectivity index (χ3n) is 4.87. The molecule has 1 aliphatic carbocycles. The van der Waals surface area contributed by atoms with Gasteiger partial charge in [-0.1, -0.05) is 0 Å². The van der Waals surface area contributed by atoms with E-state index in [4.69, 9.17) is 15.5 Å². The number of ether oxygens (including phenoxy) is 1. The lowest BCUT2D eigenvalue weighted by molar-refractivity contribution is 0.0999. The minimum absolute atomic E-state index is 0.385. The molecule has 0 unspecified atom stereocenters. The van der Waals surface area contributed by atoms with Crippen LogP contribution in [0.5, 0.6) is 5.75 Å². The summed E-state index contributed by atoms with van der Waals surface area (Å²) in [6.07, 6.45) is 2.49. The fourth-order valence-corrected chi connectivity index (χ4v) is 3.98. The van der Waals surface area contributed by atoms with Crippen molar-refractivity contribution in [1.82, 2.24) is 9.55 Å². The first-order valence-electron chi connectivity index (χ1n) is 8.67. The Labute approximate surface area is 156 Å². The number of amides is 1. The van der Waals surface area contributed by atoms with Gasteiger partial charge in [0.25, 0.3) is 5.91 Å². The lowest BCUT2D eigenvalue weighted by atomic mass is 10.2. The number of carbonyl (C=O) groups is 1. The monoisotopic (exact) mass is 367 g/mol. The van der Waals surface area contributed by atoms with Crippen molar-refractivity contribution in [2.24, 2.45) is 11.7 Å². The highest BCUT2D eigenvalue weighted by Crippen LogP contribution is 2.36. The van der Waals surface area contributed by atoms with Crippen LogP contribution in [0.15, 0.2) is 35.7 Å². The summed E-state index contributed by atoms with van der Waals surface area (Å²) < 4.78 is 7.41. The van der Waals surface area contributed by atoms with E-state index in [1.807, 2.05) is 42.6 Å². The van der Waals surface area contributed by atoms with Gasteiger partial charge in [0.05, 0.1) is 24.1 Å². The Hall–Kier alpha value is -2.60. The van der Waals surface area contributed by atoms with E-state index in [0.717, 1.165) is 39.9 Å². The molecule has 4 rings (SSSR count). The summed E-state index contributed by atoms with van der Waals surface area (Å²) in [4.78, 5) is 16.6. The topological polar surface area (TPSA) is 70.1 Å². The van der Waals surface area contributed by atoms with E-state index in [1.54, 1.807) is 18.4 Å². The van der Waals surface area contributed by atoms with E-state index >= 15 is 0 Å². The van der Waals surface area contributed by atoms with Gasteiger partial charge in [0.15, 0.2) is 0 Å². The largest absolute Gasteiger partial charge is 0.497 e. The average molecular weight is 367 g/mol. The Morgan fingerprint density at radius 1 is 1.35 bits per heavy atom. The molecule has 2 N–H and O–H groups in total. The quantitative estimate of drug-likeness (QED) is 0.713. The molecule has 1 amide bonds. The highest BCUT2D eigenvalue weighted by atomic mass is 32.1. The summed E-state index contributed by atoms with van der Waals surface area (Å²) in [5.74, 6) is 1.13. The molecular formula is C20H21N3O2S. The van der Waals surface area contributed by atoms with E-state index in [9.17, 15) is 4.79 Å². The standard InChI is InChI=1S/C20H21N3O2S/c1-12-16(19(21)24)9-18(23(12)10-13-3-4-13)17-11-26-20(22-17)14-5-7-15(25-2)8-6-14/h5-9,11,13H,3-4,10H2,1-2H3,(H2,21,24). The SMILES string of the molecule is COc1ccc(-c2nc(-c3cc(C(N)=O)c(C)n3CC3CC3)cs2)cc1. The smallest absolute Gasteiger partial charge is 0.250 e. The van der Waals surface area contributed by atoms with Gasteiger partial charge in [-0.3, -0.25) is 4.79 Å². The van der Waals surface area contributed by atoms with Crippen molar-refractivity contribution in [3.63, 3.8) is 0 Å². The minimum Gasteiger partial charge on any atom is -0.497 e. The number of primary amides is 1. The Morgan fingerprint density at radius 3 is 2.69 bits per heavy atom. The molecule has 26 heavy (non-hydrogen) atoms. The third kappa shape index (κ3) is 3.12. The molecule has 0 saturated heterocycles. The first-order chi connectivity index (χ1) is 12.6. The van der Waals surface area contributed by atoms with Crippen LogP contribution in [0.1, 0.15) is 28.9 Å². The zero-order chi connectivity index (χ0) is 18.3. The molecule has 6 heteroatoms. The molecule has 1 aromatic carbocycles. The normalized spacial score (nSPS) is 13.8. The van der Waals surface area contributed by atoms with Crippen molar-refractivity contribution in [2.45, 2.75) is 26.3 Å². The van der Waals surface area contributed by atoms with Crippen LogP contribution >= 0.6 is 11.3 Å². The van der Waals surface area contributed by atoms with E-state index in [0.29, 0.717) is 11.5 Å². The predicted molar refractivity (Wildman–Crippen MR) is 104 cm³/mol. The van der Waals surface area contributed by atoms with Gasteiger partial charge >= 0.3 is 0 Å². The lowest BCUT2D eigenvalue weighted by Crippen LogP contribution is -2.12. The van der Waals surface area contributed by atoms with Gasteiger partial charge in [0.1, 0.15) is 10.8 Å². The molecular weight excluding hydrogens is 346 g/mol. The first-order valence-corrected chi connectivity index (χ1v) is 9.55. The summed E-state index contributed by atoms with van der Waals surface area (Å²) >= 11 is 1.60. The van der Waals surface area contributed by atoms with Crippen molar-refractivity contribution in [2.75, 3.05) is 7.11 Å². The van der Waals surface area contributed by atoms with E-state index < -0.39 is 0 Å². The molecule has 0 radical (unpaired) electrons. The second-order valence-corrected chi connectivity index (χ2v) is 7.57. The van der Waals surface area contributed by atoms with Crippen molar-refractivity contribution in [1.29, 1.82) is 0 Å². The molecule has 1 fully saturated rings. The zero-order valence-corrected chi connectivity index (χ0v) is 15.7. The molecule has 5 nitrogen and oxygen atoms in total. The summed E-state index contributed by atoms with van der Waals surface area (Å²) in [6, 6.07) is 9.76. The number of nitrogens with zero attached hydrogens (tertiary/aromatic N) is 2. The van der Waals surface area contributed by atoms with Gasteiger partial charge in [-0.25, -0.2) is 4.98 Å². The molecule has 3 aromatic rings. The molecule has 0 spiro atoms. The summed E-state index contributed by atoms with van der Waals surface area (Å²) in [7, 11) is 1.66. The molecule has 1 aliphatic rings. The van der Waals surface area contributed by atoms with Crippen LogP contribution in [0.2, 0.25) is 0 Å². The van der Waals surface area contributed by atoms with Crippen molar-refractivity contribution >= 4 is 17.2 Å². The second-order valence-electron chi connectivity index (χ2n) is 6.71. The van der Waals surface area contributed by atoms with Crippen molar-refractivity contribution in [3.8, 4) is 27.7 Å². The zero-order valence-electron chi connectivity index (χ0n) is 14.9. The molecule has 2 aromatic heterocycles. The molecule has 0 atom stereocenters. The first kappa shape index (κ1) is 16.8. The number of thiazole rings is 1. The number of rotatable bonds is 6. The maximum Gasteiger partial charge on any atom is 0.250 e. The number of methoxy groups -OCH3 is 1. The van der Waals surface area contributed by atoms with Gasteiger partial charge in [-0.15, -0.1) is 11.3 Å². The van der Waals surface area contributed by atoms with Crippen LogP contribution < -0.4 is 10.5 Å². The van der Waals surface area contributed by atoms with Crippen LogP contribution in [-0.4, -0.2) is 22.6 Å². The highest BCUT2D eigenvalue weighted by Gasteiger charge is 2.26. The Morgan fingerprint density at radius 2 is 2.08 bits per heavy atom. The van der Waals surface area contributed by atoms with E-state index in [-0.39, 0.29) is 5.91 Å². The molecule has 0 aliphatic heterocycles. The number of aromatic nitrogens is 2. The Bertz CT molecular complexity index is 952. The van der Waals surface area contributed by atoms with Gasteiger partial charge in [0, 0.05) is 23.2 Å². The third-order valence-corrected chi connectivity index (χ3v) is 5.76. The summed E-state index contributed by atoms with van der Waals surface area (Å²) in [5.41, 5.74) is 9.98. The number of hydrogen-bond donors (Lipinski definition) is 1. The number of hydrogen-bond acceptors (Lipinski definition) is 4. The van der Waals surface area contributed by atoms with Crippen LogP contribution in [0.25, 0.3) is 22.0 Å².